The Bertz CT molecular complexity index is 784. The van der Waals surface area contributed by atoms with Crippen molar-refractivity contribution in [3.8, 4) is 5.69 Å². The first kappa shape index (κ1) is 15.8. The molecule has 1 aromatic heterocycles. The lowest BCUT2D eigenvalue weighted by molar-refractivity contribution is 0.895. The second kappa shape index (κ2) is 6.97. The highest BCUT2D eigenvalue weighted by Gasteiger charge is 2.11. The van der Waals surface area contributed by atoms with E-state index in [2.05, 4.69) is 4.98 Å². The van der Waals surface area contributed by atoms with Crippen LogP contribution in [0.2, 0.25) is 15.1 Å². The van der Waals surface area contributed by atoms with Gasteiger partial charge in [0.15, 0.2) is 5.16 Å². The molecule has 0 saturated carbocycles. The fourth-order valence-electron chi connectivity index (χ4n) is 1.99. The average Bonchev–Trinajstić information content (AvgIpc) is 2.98. The highest BCUT2D eigenvalue weighted by molar-refractivity contribution is 7.98. The van der Waals surface area contributed by atoms with E-state index in [9.17, 15) is 0 Å². The third-order valence-corrected chi connectivity index (χ3v) is 5.18. The van der Waals surface area contributed by atoms with Crippen molar-refractivity contribution in [1.82, 2.24) is 9.55 Å². The largest absolute Gasteiger partial charge is 0.293 e. The van der Waals surface area contributed by atoms with Crippen molar-refractivity contribution in [3.05, 3.63) is 75.5 Å². The van der Waals surface area contributed by atoms with E-state index in [0.717, 1.165) is 21.6 Å². The summed E-state index contributed by atoms with van der Waals surface area (Å²) in [6, 6.07) is 13.4. The van der Waals surface area contributed by atoms with Gasteiger partial charge in [-0.05, 0) is 29.8 Å². The van der Waals surface area contributed by atoms with Crippen LogP contribution in [0.25, 0.3) is 5.69 Å². The van der Waals surface area contributed by atoms with Crippen molar-refractivity contribution in [2.24, 2.45) is 0 Å². The standard InChI is InChI=1S/C16H11Cl3N2S/c17-12-6-4-11(5-7-12)10-22-16-20-8-9-21(16)14-3-1-2-13(18)15(14)19/h1-9H,10H2. The van der Waals surface area contributed by atoms with Crippen molar-refractivity contribution < 1.29 is 0 Å². The van der Waals surface area contributed by atoms with Gasteiger partial charge in [0.2, 0.25) is 0 Å². The number of nitrogens with zero attached hydrogens (tertiary/aromatic N) is 2. The monoisotopic (exact) mass is 368 g/mol. The number of benzene rings is 2. The highest BCUT2D eigenvalue weighted by Crippen LogP contribution is 2.32. The molecule has 6 heteroatoms. The normalized spacial score (nSPS) is 10.9. The summed E-state index contributed by atoms with van der Waals surface area (Å²) in [6.45, 7) is 0. The molecule has 1 heterocycles. The minimum absolute atomic E-state index is 0.524. The Balaban J connectivity index is 1.83. The van der Waals surface area contributed by atoms with Gasteiger partial charge in [0.25, 0.3) is 0 Å². The summed E-state index contributed by atoms with van der Waals surface area (Å²) >= 11 is 19.9. The van der Waals surface area contributed by atoms with Gasteiger partial charge in [-0.25, -0.2) is 4.98 Å². The molecular weight excluding hydrogens is 359 g/mol. The molecule has 0 aliphatic carbocycles. The maximum atomic E-state index is 6.29. The summed E-state index contributed by atoms with van der Waals surface area (Å²) in [5, 5.41) is 2.65. The van der Waals surface area contributed by atoms with Crippen LogP contribution in [0.1, 0.15) is 5.56 Å². The van der Waals surface area contributed by atoms with Crippen LogP contribution < -0.4 is 0 Å². The quantitative estimate of drug-likeness (QED) is 0.515. The highest BCUT2D eigenvalue weighted by atomic mass is 35.5. The third kappa shape index (κ3) is 3.44. The number of imidazole rings is 1. The van der Waals surface area contributed by atoms with E-state index in [0.29, 0.717) is 10.0 Å². The third-order valence-electron chi connectivity index (χ3n) is 3.08. The number of halogens is 3. The van der Waals surface area contributed by atoms with E-state index in [1.54, 1.807) is 24.0 Å². The summed E-state index contributed by atoms with van der Waals surface area (Å²) in [7, 11) is 0. The first-order valence-electron chi connectivity index (χ1n) is 6.50. The Labute approximate surface area is 148 Å². The van der Waals surface area contributed by atoms with Gasteiger partial charge < -0.3 is 0 Å². The molecule has 0 spiro atoms. The van der Waals surface area contributed by atoms with Crippen LogP contribution in [-0.2, 0) is 5.75 Å². The predicted octanol–water partition coefficient (Wildman–Crippen LogP) is 6.12. The van der Waals surface area contributed by atoms with Gasteiger partial charge in [-0.1, -0.05) is 64.8 Å². The molecule has 0 amide bonds. The zero-order chi connectivity index (χ0) is 15.5. The number of hydrogen-bond acceptors (Lipinski definition) is 2. The Morgan fingerprint density at radius 3 is 2.55 bits per heavy atom. The van der Waals surface area contributed by atoms with Gasteiger partial charge in [0.05, 0.1) is 15.7 Å². The van der Waals surface area contributed by atoms with E-state index in [4.69, 9.17) is 34.8 Å². The molecule has 3 rings (SSSR count). The molecule has 0 N–H and O–H groups in total. The van der Waals surface area contributed by atoms with E-state index in [-0.39, 0.29) is 0 Å². The molecule has 0 aliphatic rings. The lowest BCUT2D eigenvalue weighted by Gasteiger charge is -2.10. The van der Waals surface area contributed by atoms with Crippen LogP contribution >= 0.6 is 46.6 Å². The lowest BCUT2D eigenvalue weighted by Crippen LogP contribution is -1.96. The second-order valence-corrected chi connectivity index (χ2v) is 6.73. The van der Waals surface area contributed by atoms with Crippen LogP contribution in [0.4, 0.5) is 0 Å². The molecule has 3 aromatic rings. The molecule has 0 aliphatic heterocycles. The molecule has 0 unspecified atom stereocenters. The summed E-state index contributed by atoms with van der Waals surface area (Å²) in [5.41, 5.74) is 2.01. The molecule has 2 aromatic carbocycles. The van der Waals surface area contributed by atoms with Gasteiger partial charge in [0.1, 0.15) is 0 Å². The summed E-state index contributed by atoms with van der Waals surface area (Å²) in [6.07, 6.45) is 3.63. The Hall–Kier alpha value is -1.13. The van der Waals surface area contributed by atoms with Crippen LogP contribution in [0.15, 0.2) is 60.0 Å². The van der Waals surface area contributed by atoms with E-state index in [1.165, 1.54) is 5.56 Å². The van der Waals surface area contributed by atoms with E-state index >= 15 is 0 Å². The van der Waals surface area contributed by atoms with Crippen molar-refractivity contribution in [3.63, 3.8) is 0 Å². The number of hydrogen-bond donors (Lipinski definition) is 0. The Kier molecular flexibility index (Phi) is 4.99. The molecular formula is C16H11Cl3N2S. The number of aromatic nitrogens is 2. The molecule has 0 bridgehead atoms. The molecule has 22 heavy (non-hydrogen) atoms. The van der Waals surface area contributed by atoms with Gasteiger partial charge in [-0.15, -0.1) is 0 Å². The summed E-state index contributed by atoms with van der Waals surface area (Å²) < 4.78 is 1.94. The fourth-order valence-corrected chi connectivity index (χ4v) is 3.42. The maximum Gasteiger partial charge on any atom is 0.172 e. The molecule has 0 atom stereocenters. The fraction of sp³-hybridized carbons (Fsp3) is 0.0625. The smallest absolute Gasteiger partial charge is 0.172 e. The Morgan fingerprint density at radius 2 is 1.77 bits per heavy atom. The summed E-state index contributed by atoms with van der Waals surface area (Å²) in [4.78, 5) is 4.39. The maximum absolute atomic E-state index is 6.29. The van der Waals surface area contributed by atoms with Gasteiger partial charge in [0, 0.05) is 23.2 Å². The molecule has 0 saturated heterocycles. The van der Waals surface area contributed by atoms with Crippen molar-refractivity contribution in [2.75, 3.05) is 0 Å². The average molecular weight is 370 g/mol. The second-order valence-electron chi connectivity index (χ2n) is 4.57. The van der Waals surface area contributed by atoms with Crippen LogP contribution in [-0.4, -0.2) is 9.55 Å². The van der Waals surface area contributed by atoms with Crippen LogP contribution in [0.3, 0.4) is 0 Å². The minimum Gasteiger partial charge on any atom is -0.293 e. The molecule has 112 valence electrons. The number of thioether (sulfide) groups is 1. The first-order valence-corrected chi connectivity index (χ1v) is 8.62. The number of rotatable bonds is 4. The SMILES string of the molecule is Clc1ccc(CSc2nccn2-c2cccc(Cl)c2Cl)cc1. The molecule has 2 nitrogen and oxygen atoms in total. The minimum atomic E-state index is 0.524. The van der Waals surface area contributed by atoms with Crippen LogP contribution in [0.5, 0.6) is 0 Å². The van der Waals surface area contributed by atoms with E-state index < -0.39 is 0 Å². The van der Waals surface area contributed by atoms with Gasteiger partial charge in [-0.3, -0.25) is 4.57 Å². The van der Waals surface area contributed by atoms with Gasteiger partial charge in [-0.2, -0.15) is 0 Å². The zero-order valence-corrected chi connectivity index (χ0v) is 14.4. The molecule has 0 fully saturated rings. The topological polar surface area (TPSA) is 17.8 Å². The first-order chi connectivity index (χ1) is 10.6. The Morgan fingerprint density at radius 1 is 1.00 bits per heavy atom. The zero-order valence-electron chi connectivity index (χ0n) is 11.3. The summed E-state index contributed by atoms with van der Waals surface area (Å²) in [5.74, 6) is 0.798. The van der Waals surface area contributed by atoms with Crippen molar-refractivity contribution >= 4 is 46.6 Å². The van der Waals surface area contributed by atoms with Crippen molar-refractivity contribution in [2.45, 2.75) is 10.9 Å². The van der Waals surface area contributed by atoms with E-state index in [1.807, 2.05) is 47.2 Å². The predicted molar refractivity (Wildman–Crippen MR) is 94.6 cm³/mol. The van der Waals surface area contributed by atoms with Crippen molar-refractivity contribution in [1.29, 1.82) is 0 Å². The lowest BCUT2D eigenvalue weighted by atomic mass is 10.2. The van der Waals surface area contributed by atoms with Gasteiger partial charge >= 0.3 is 0 Å². The van der Waals surface area contributed by atoms with Crippen LogP contribution in [0, 0.1) is 0 Å². The molecule has 0 radical (unpaired) electrons.